The van der Waals surface area contributed by atoms with Gasteiger partial charge in [0.1, 0.15) is 0 Å². The van der Waals surface area contributed by atoms with Crippen molar-refractivity contribution in [2.24, 2.45) is 10.5 Å². The number of rotatable bonds is 3. The SMILES string of the molecule is CSC(=S)N(C)/N=C/C(C)(C)C=C=C(C)C. The van der Waals surface area contributed by atoms with Crippen LogP contribution in [0.2, 0.25) is 0 Å². The third kappa shape index (κ3) is 6.83. The molecule has 0 atom stereocenters. The minimum Gasteiger partial charge on any atom is -0.252 e. The fraction of sp³-hybridized carbons (Fsp3) is 0.583. The standard InChI is InChI=1S/C12H20N2S2/c1-10(2)7-8-12(3,4)9-13-14(5)11(15)16-6/h8-9H,1-6H3/b13-9+. The van der Waals surface area contributed by atoms with Crippen molar-refractivity contribution in [1.29, 1.82) is 0 Å². The predicted octanol–water partition coefficient (Wildman–Crippen LogP) is 3.70. The van der Waals surface area contributed by atoms with Crippen LogP contribution in [0.4, 0.5) is 0 Å². The maximum Gasteiger partial charge on any atom is 0.156 e. The molecule has 90 valence electrons. The molecule has 0 radical (unpaired) electrons. The van der Waals surface area contributed by atoms with Crippen molar-refractivity contribution >= 4 is 34.5 Å². The van der Waals surface area contributed by atoms with Gasteiger partial charge in [0.2, 0.25) is 0 Å². The van der Waals surface area contributed by atoms with Crippen molar-refractivity contribution in [1.82, 2.24) is 5.01 Å². The van der Waals surface area contributed by atoms with E-state index in [2.05, 4.69) is 24.7 Å². The van der Waals surface area contributed by atoms with Gasteiger partial charge in [-0.1, -0.05) is 37.8 Å². The molecule has 0 aliphatic rings. The van der Waals surface area contributed by atoms with Crippen LogP contribution in [-0.2, 0) is 0 Å². The number of hydrazone groups is 1. The minimum atomic E-state index is -0.112. The van der Waals surface area contributed by atoms with Crippen LogP contribution in [0.25, 0.3) is 0 Å². The van der Waals surface area contributed by atoms with Crippen molar-refractivity contribution < 1.29 is 0 Å². The van der Waals surface area contributed by atoms with Gasteiger partial charge in [-0.05, 0) is 31.8 Å². The molecular formula is C12H20N2S2. The maximum absolute atomic E-state index is 5.12. The van der Waals surface area contributed by atoms with Gasteiger partial charge in [-0.25, -0.2) is 0 Å². The summed E-state index contributed by atoms with van der Waals surface area (Å²) in [5.74, 6) is 0. The summed E-state index contributed by atoms with van der Waals surface area (Å²) in [6.07, 6.45) is 5.84. The van der Waals surface area contributed by atoms with E-state index in [1.54, 1.807) is 5.01 Å². The van der Waals surface area contributed by atoms with Gasteiger partial charge in [-0.15, -0.1) is 5.73 Å². The van der Waals surface area contributed by atoms with E-state index in [9.17, 15) is 0 Å². The first-order valence-corrected chi connectivity index (χ1v) is 6.69. The molecule has 0 heterocycles. The summed E-state index contributed by atoms with van der Waals surface area (Å²) in [6, 6.07) is 0. The van der Waals surface area contributed by atoms with Crippen molar-refractivity contribution in [2.45, 2.75) is 27.7 Å². The van der Waals surface area contributed by atoms with E-state index in [0.717, 1.165) is 9.89 Å². The van der Waals surface area contributed by atoms with Crippen LogP contribution in [0.5, 0.6) is 0 Å². The second-order valence-electron chi connectivity index (χ2n) is 4.35. The third-order valence-electron chi connectivity index (χ3n) is 1.74. The average molecular weight is 256 g/mol. The summed E-state index contributed by atoms with van der Waals surface area (Å²) in [5.41, 5.74) is 4.25. The van der Waals surface area contributed by atoms with Crippen LogP contribution in [0.3, 0.4) is 0 Å². The Hall–Kier alpha value is -0.570. The largest absolute Gasteiger partial charge is 0.252 e. The van der Waals surface area contributed by atoms with E-state index < -0.39 is 0 Å². The highest BCUT2D eigenvalue weighted by Gasteiger charge is 2.10. The lowest BCUT2D eigenvalue weighted by molar-refractivity contribution is 0.552. The molecule has 0 fully saturated rings. The number of thiocarbonyl (C=S) groups is 1. The number of hydrogen-bond acceptors (Lipinski definition) is 3. The first kappa shape index (κ1) is 15.4. The van der Waals surface area contributed by atoms with E-state index >= 15 is 0 Å². The van der Waals surface area contributed by atoms with Crippen LogP contribution in [-0.4, -0.2) is 28.8 Å². The van der Waals surface area contributed by atoms with E-state index in [4.69, 9.17) is 12.2 Å². The Morgan fingerprint density at radius 2 is 2.00 bits per heavy atom. The van der Waals surface area contributed by atoms with E-state index in [1.807, 2.05) is 39.4 Å². The van der Waals surface area contributed by atoms with Crippen LogP contribution in [0.1, 0.15) is 27.7 Å². The molecule has 0 aromatic rings. The van der Waals surface area contributed by atoms with Gasteiger partial charge in [-0.2, -0.15) is 5.10 Å². The molecule has 0 amide bonds. The average Bonchev–Trinajstić information content (AvgIpc) is 2.22. The topological polar surface area (TPSA) is 15.6 Å². The van der Waals surface area contributed by atoms with E-state index in [0.29, 0.717) is 0 Å². The maximum atomic E-state index is 5.12. The summed E-state index contributed by atoms with van der Waals surface area (Å²) < 4.78 is 0.762. The van der Waals surface area contributed by atoms with Crippen molar-refractivity contribution in [3.63, 3.8) is 0 Å². The molecule has 4 heteroatoms. The number of thioether (sulfide) groups is 1. The summed E-state index contributed by atoms with van der Waals surface area (Å²) >= 11 is 6.63. The van der Waals surface area contributed by atoms with Gasteiger partial charge in [-0.3, -0.25) is 5.01 Å². The van der Waals surface area contributed by atoms with E-state index in [-0.39, 0.29) is 5.41 Å². The van der Waals surface area contributed by atoms with Gasteiger partial charge < -0.3 is 0 Å². The first-order chi connectivity index (χ1) is 7.28. The Morgan fingerprint density at radius 3 is 2.44 bits per heavy atom. The van der Waals surface area contributed by atoms with E-state index in [1.165, 1.54) is 11.8 Å². The van der Waals surface area contributed by atoms with Gasteiger partial charge >= 0.3 is 0 Å². The molecule has 0 bridgehead atoms. The normalized spacial score (nSPS) is 11.1. The van der Waals surface area contributed by atoms with Crippen molar-refractivity contribution in [2.75, 3.05) is 13.3 Å². The molecule has 0 aliphatic carbocycles. The molecule has 2 nitrogen and oxygen atoms in total. The number of hydrogen-bond donors (Lipinski definition) is 0. The molecule has 0 saturated heterocycles. The Balaban J connectivity index is 4.65. The molecular weight excluding hydrogens is 236 g/mol. The highest BCUT2D eigenvalue weighted by Crippen LogP contribution is 2.14. The monoisotopic (exact) mass is 256 g/mol. The molecule has 0 saturated carbocycles. The molecule has 0 aromatic heterocycles. The Bertz CT molecular complexity index is 333. The summed E-state index contributed by atoms with van der Waals surface area (Å²) in [4.78, 5) is 0. The lowest BCUT2D eigenvalue weighted by atomic mass is 9.95. The quantitative estimate of drug-likeness (QED) is 0.331. The Morgan fingerprint density at radius 1 is 1.44 bits per heavy atom. The highest BCUT2D eigenvalue weighted by molar-refractivity contribution is 8.22. The second kappa shape index (κ2) is 6.89. The van der Waals surface area contributed by atoms with Gasteiger partial charge in [0.15, 0.2) is 4.32 Å². The molecule has 0 rings (SSSR count). The zero-order valence-corrected chi connectivity index (χ0v) is 12.5. The summed E-state index contributed by atoms with van der Waals surface area (Å²) in [5, 5.41) is 6.02. The first-order valence-electron chi connectivity index (χ1n) is 5.06. The fourth-order valence-corrected chi connectivity index (χ4v) is 1.14. The Kier molecular flexibility index (Phi) is 6.65. The van der Waals surface area contributed by atoms with Crippen LogP contribution >= 0.6 is 24.0 Å². The lowest BCUT2D eigenvalue weighted by Gasteiger charge is -2.16. The molecule has 0 spiro atoms. The van der Waals surface area contributed by atoms with Crippen molar-refractivity contribution in [3.8, 4) is 0 Å². The molecule has 0 aliphatic heterocycles. The van der Waals surface area contributed by atoms with Crippen LogP contribution in [0.15, 0.2) is 22.5 Å². The van der Waals surface area contributed by atoms with Crippen molar-refractivity contribution in [3.05, 3.63) is 17.4 Å². The number of nitrogens with zero attached hydrogens (tertiary/aromatic N) is 2. The zero-order valence-electron chi connectivity index (χ0n) is 10.9. The fourth-order valence-electron chi connectivity index (χ4n) is 0.782. The molecule has 0 unspecified atom stereocenters. The summed E-state index contributed by atoms with van der Waals surface area (Å²) in [7, 11) is 1.86. The third-order valence-corrected chi connectivity index (χ3v) is 3.11. The van der Waals surface area contributed by atoms with Crippen LogP contribution in [0, 0.1) is 5.41 Å². The van der Waals surface area contributed by atoms with Gasteiger partial charge in [0.25, 0.3) is 0 Å². The summed E-state index contributed by atoms with van der Waals surface area (Å²) in [6.45, 7) is 8.22. The lowest BCUT2D eigenvalue weighted by Crippen LogP contribution is -2.18. The smallest absolute Gasteiger partial charge is 0.156 e. The molecule has 16 heavy (non-hydrogen) atoms. The highest BCUT2D eigenvalue weighted by atomic mass is 32.2. The molecule has 0 aromatic carbocycles. The second-order valence-corrected chi connectivity index (χ2v) is 5.79. The molecule has 0 N–H and O–H groups in total. The number of allylic oxidation sites excluding steroid dienone is 1. The van der Waals surface area contributed by atoms with Gasteiger partial charge in [0, 0.05) is 18.7 Å². The predicted molar refractivity (Wildman–Crippen MR) is 79.1 cm³/mol. The van der Waals surface area contributed by atoms with Gasteiger partial charge in [0.05, 0.1) is 0 Å². The minimum absolute atomic E-state index is 0.112. The zero-order chi connectivity index (χ0) is 12.8. The van der Waals surface area contributed by atoms with Crippen LogP contribution < -0.4 is 0 Å². The Labute approximate surface area is 108 Å².